The second kappa shape index (κ2) is 6.64. The van der Waals surface area contributed by atoms with Crippen molar-refractivity contribution in [3.63, 3.8) is 0 Å². The number of carbonyl (C=O) groups is 2. The van der Waals surface area contributed by atoms with Crippen molar-refractivity contribution in [3.05, 3.63) is 0 Å². The van der Waals surface area contributed by atoms with Crippen molar-refractivity contribution in [2.24, 2.45) is 0 Å². The number of nitrogens with one attached hydrogen (secondary N) is 1. The summed E-state index contributed by atoms with van der Waals surface area (Å²) in [6, 6.07) is 0. The smallest absolute Gasteiger partial charge is 0.306 e. The Hall–Kier alpha value is -0.710. The van der Waals surface area contributed by atoms with Gasteiger partial charge < -0.3 is 10.1 Å². The maximum absolute atomic E-state index is 11.7. The zero-order valence-corrected chi connectivity index (χ0v) is 13.2. The van der Waals surface area contributed by atoms with Gasteiger partial charge in [0, 0.05) is 17.7 Å². The monoisotopic (exact) mass is 287 g/mol. The Kier molecular flexibility index (Phi) is 5.71. The SMILES string of the molecule is CC(C)(C)OC(=O)CCC(=O)NCC1(C)CCCS1. The molecule has 0 bridgehead atoms. The average Bonchev–Trinajstić information content (AvgIpc) is 2.69. The molecule has 1 saturated heterocycles. The van der Waals surface area contributed by atoms with Gasteiger partial charge in [0.2, 0.25) is 5.91 Å². The predicted molar refractivity (Wildman–Crippen MR) is 78.2 cm³/mol. The summed E-state index contributed by atoms with van der Waals surface area (Å²) >= 11 is 1.91. The molecule has 19 heavy (non-hydrogen) atoms. The minimum atomic E-state index is -0.485. The largest absolute Gasteiger partial charge is 0.460 e. The average molecular weight is 287 g/mol. The molecule has 1 N–H and O–H groups in total. The number of thioether (sulfide) groups is 1. The van der Waals surface area contributed by atoms with Crippen LogP contribution in [0.3, 0.4) is 0 Å². The highest BCUT2D eigenvalue weighted by Crippen LogP contribution is 2.36. The van der Waals surface area contributed by atoms with Crippen molar-refractivity contribution in [1.29, 1.82) is 0 Å². The van der Waals surface area contributed by atoms with E-state index in [1.807, 2.05) is 32.5 Å². The minimum absolute atomic E-state index is 0.0698. The molecule has 1 aliphatic rings. The van der Waals surface area contributed by atoms with Crippen LogP contribution < -0.4 is 5.32 Å². The molecule has 1 fully saturated rings. The van der Waals surface area contributed by atoms with Crippen molar-refractivity contribution < 1.29 is 14.3 Å². The van der Waals surface area contributed by atoms with Crippen molar-refractivity contribution in [3.8, 4) is 0 Å². The lowest BCUT2D eigenvalue weighted by Crippen LogP contribution is -2.37. The Morgan fingerprint density at radius 3 is 2.53 bits per heavy atom. The molecule has 5 heteroatoms. The van der Waals surface area contributed by atoms with Crippen LogP contribution in [-0.2, 0) is 14.3 Å². The molecule has 0 aromatic carbocycles. The van der Waals surface area contributed by atoms with E-state index in [1.54, 1.807) is 0 Å². The zero-order chi connectivity index (χ0) is 14.5. The lowest BCUT2D eigenvalue weighted by molar-refractivity contribution is -0.155. The molecule has 1 aliphatic heterocycles. The Bertz CT molecular complexity index is 330. The van der Waals surface area contributed by atoms with Crippen LogP contribution in [-0.4, -0.2) is 34.5 Å². The van der Waals surface area contributed by atoms with Gasteiger partial charge in [-0.3, -0.25) is 9.59 Å². The summed E-state index contributed by atoms with van der Waals surface area (Å²) < 4.78 is 5.33. The van der Waals surface area contributed by atoms with Gasteiger partial charge in [-0.25, -0.2) is 0 Å². The van der Waals surface area contributed by atoms with Gasteiger partial charge in [-0.2, -0.15) is 11.8 Å². The quantitative estimate of drug-likeness (QED) is 0.789. The zero-order valence-electron chi connectivity index (χ0n) is 12.4. The third-order valence-electron chi connectivity index (χ3n) is 2.94. The summed E-state index contributed by atoms with van der Waals surface area (Å²) in [5, 5.41) is 2.92. The van der Waals surface area contributed by atoms with E-state index in [4.69, 9.17) is 4.74 Å². The van der Waals surface area contributed by atoms with E-state index in [1.165, 1.54) is 12.2 Å². The maximum Gasteiger partial charge on any atom is 0.306 e. The summed E-state index contributed by atoms with van der Waals surface area (Å²) in [4.78, 5) is 23.2. The molecule has 0 spiro atoms. The summed E-state index contributed by atoms with van der Waals surface area (Å²) in [6.07, 6.45) is 2.71. The molecule has 0 aromatic heterocycles. The van der Waals surface area contributed by atoms with Crippen molar-refractivity contribution in [1.82, 2.24) is 5.32 Å². The molecule has 0 radical (unpaired) electrons. The van der Waals surface area contributed by atoms with Gasteiger partial charge in [0.05, 0.1) is 6.42 Å². The van der Waals surface area contributed by atoms with Gasteiger partial charge in [-0.05, 0) is 46.3 Å². The molecule has 4 nitrogen and oxygen atoms in total. The topological polar surface area (TPSA) is 55.4 Å². The van der Waals surface area contributed by atoms with Crippen LogP contribution in [0.15, 0.2) is 0 Å². The maximum atomic E-state index is 11.7. The highest BCUT2D eigenvalue weighted by Gasteiger charge is 2.29. The first-order valence-corrected chi connectivity index (χ1v) is 7.81. The fraction of sp³-hybridized carbons (Fsp3) is 0.857. The first-order chi connectivity index (χ1) is 8.70. The molecule has 0 aliphatic carbocycles. The number of ether oxygens (including phenoxy) is 1. The molecule has 1 rings (SSSR count). The molecule has 1 atom stereocenters. The normalized spacial score (nSPS) is 23.2. The Morgan fingerprint density at radius 1 is 1.32 bits per heavy atom. The van der Waals surface area contributed by atoms with E-state index in [0.717, 1.165) is 6.42 Å². The Morgan fingerprint density at radius 2 is 2.00 bits per heavy atom. The van der Waals surface area contributed by atoms with Gasteiger partial charge >= 0.3 is 5.97 Å². The number of amides is 1. The Labute approximate surface area is 120 Å². The lowest BCUT2D eigenvalue weighted by Gasteiger charge is -2.23. The molecular weight excluding hydrogens is 262 g/mol. The minimum Gasteiger partial charge on any atom is -0.460 e. The first kappa shape index (κ1) is 16.3. The van der Waals surface area contributed by atoms with Crippen LogP contribution >= 0.6 is 11.8 Å². The van der Waals surface area contributed by atoms with Gasteiger partial charge in [0.1, 0.15) is 5.60 Å². The molecule has 1 amide bonds. The van der Waals surface area contributed by atoms with Crippen LogP contribution in [0.25, 0.3) is 0 Å². The fourth-order valence-electron chi connectivity index (χ4n) is 1.96. The van der Waals surface area contributed by atoms with Gasteiger partial charge in [0.25, 0.3) is 0 Å². The number of carbonyl (C=O) groups excluding carboxylic acids is 2. The second-order valence-electron chi connectivity index (χ2n) is 6.27. The Balaban J connectivity index is 2.19. The number of esters is 1. The molecular formula is C14H25NO3S. The lowest BCUT2D eigenvalue weighted by atomic mass is 10.1. The van der Waals surface area contributed by atoms with Crippen LogP contribution in [0.4, 0.5) is 0 Å². The van der Waals surface area contributed by atoms with Crippen LogP contribution in [0.2, 0.25) is 0 Å². The summed E-state index contributed by atoms with van der Waals surface area (Å²) in [5.41, 5.74) is -0.485. The van der Waals surface area contributed by atoms with Gasteiger partial charge in [-0.15, -0.1) is 0 Å². The fourth-order valence-corrected chi connectivity index (χ4v) is 3.20. The van der Waals surface area contributed by atoms with E-state index >= 15 is 0 Å². The molecule has 0 aromatic rings. The van der Waals surface area contributed by atoms with Crippen LogP contribution in [0.1, 0.15) is 53.4 Å². The number of hydrogen-bond donors (Lipinski definition) is 1. The van der Waals surface area contributed by atoms with E-state index in [9.17, 15) is 9.59 Å². The van der Waals surface area contributed by atoms with E-state index < -0.39 is 5.60 Å². The van der Waals surface area contributed by atoms with Gasteiger partial charge in [-0.1, -0.05) is 0 Å². The number of hydrogen-bond acceptors (Lipinski definition) is 4. The third-order valence-corrected chi connectivity index (χ3v) is 4.47. The van der Waals surface area contributed by atoms with Crippen molar-refractivity contribution in [2.45, 2.75) is 63.7 Å². The molecule has 110 valence electrons. The molecule has 1 heterocycles. The van der Waals surface area contributed by atoms with Crippen LogP contribution in [0, 0.1) is 0 Å². The third kappa shape index (κ3) is 6.85. The first-order valence-electron chi connectivity index (χ1n) is 6.83. The highest BCUT2D eigenvalue weighted by molar-refractivity contribution is 8.00. The number of rotatable bonds is 5. The molecule has 0 saturated carbocycles. The highest BCUT2D eigenvalue weighted by atomic mass is 32.2. The van der Waals surface area contributed by atoms with E-state index in [2.05, 4.69) is 12.2 Å². The van der Waals surface area contributed by atoms with Gasteiger partial charge in [0.15, 0.2) is 0 Å². The summed E-state index contributed by atoms with van der Waals surface area (Å²) in [5.74, 6) is 0.785. The van der Waals surface area contributed by atoms with Crippen LogP contribution in [0.5, 0.6) is 0 Å². The second-order valence-corrected chi connectivity index (χ2v) is 7.95. The predicted octanol–water partition coefficient (Wildman–Crippen LogP) is 2.51. The summed E-state index contributed by atoms with van der Waals surface area (Å²) in [7, 11) is 0. The van der Waals surface area contributed by atoms with E-state index in [0.29, 0.717) is 6.54 Å². The summed E-state index contributed by atoms with van der Waals surface area (Å²) in [6.45, 7) is 8.33. The standard InChI is InChI=1S/C14H25NO3S/c1-13(2,3)18-12(17)7-6-11(16)15-10-14(4)8-5-9-19-14/h5-10H2,1-4H3,(H,15,16). The van der Waals surface area contributed by atoms with Crippen molar-refractivity contribution >= 4 is 23.6 Å². The molecule has 1 unspecified atom stereocenters. The van der Waals surface area contributed by atoms with E-state index in [-0.39, 0.29) is 29.5 Å². The van der Waals surface area contributed by atoms with Crippen molar-refractivity contribution in [2.75, 3.05) is 12.3 Å².